The van der Waals surface area contributed by atoms with Gasteiger partial charge in [0.1, 0.15) is 5.76 Å². The predicted octanol–water partition coefficient (Wildman–Crippen LogP) is 5.55. The van der Waals surface area contributed by atoms with E-state index in [-0.39, 0.29) is 22.9 Å². The first-order valence-electron chi connectivity index (χ1n) is 10.9. The van der Waals surface area contributed by atoms with Gasteiger partial charge in [-0.25, -0.2) is 0 Å². The molecule has 1 N–H and O–H groups in total. The van der Waals surface area contributed by atoms with Crippen molar-refractivity contribution in [2.24, 2.45) is 0 Å². The van der Waals surface area contributed by atoms with E-state index in [9.17, 15) is 27.9 Å². The van der Waals surface area contributed by atoms with Crippen molar-refractivity contribution < 1.29 is 27.9 Å². The van der Waals surface area contributed by atoms with E-state index in [4.69, 9.17) is 0 Å². The zero-order chi connectivity index (χ0) is 25.5. The molecule has 1 fully saturated rings. The molecule has 3 aromatic rings. The normalized spacial score (nSPS) is 17.9. The summed E-state index contributed by atoms with van der Waals surface area (Å²) in [6.07, 6.45) is -4.55. The molecule has 180 valence electrons. The van der Waals surface area contributed by atoms with E-state index in [1.165, 1.54) is 18.2 Å². The van der Waals surface area contributed by atoms with Gasteiger partial charge in [-0.1, -0.05) is 50.2 Å². The summed E-state index contributed by atoms with van der Waals surface area (Å²) >= 11 is 0. The number of aliphatic hydroxyl groups excluding tert-OH is 1. The highest BCUT2D eigenvalue weighted by atomic mass is 19.4. The number of rotatable bonds is 4. The molecule has 9 heteroatoms. The van der Waals surface area contributed by atoms with Crippen molar-refractivity contribution in [2.45, 2.75) is 38.9 Å². The minimum absolute atomic E-state index is 0.0387. The van der Waals surface area contributed by atoms with Crippen molar-refractivity contribution in [3.8, 4) is 0 Å². The third kappa shape index (κ3) is 4.53. The Bertz CT molecular complexity index is 1300. The van der Waals surface area contributed by atoms with Crippen molar-refractivity contribution in [1.29, 1.82) is 0 Å². The fraction of sp³-hybridized carbons (Fsp3) is 0.231. The highest BCUT2D eigenvalue weighted by Crippen LogP contribution is 2.42. The van der Waals surface area contributed by atoms with E-state index in [2.05, 4.69) is 10.2 Å². The van der Waals surface area contributed by atoms with Crippen LogP contribution in [0, 0.1) is 6.92 Å². The number of hydrogen-bond acceptors (Lipinski definition) is 5. The quantitative estimate of drug-likeness (QED) is 0.300. The topological polar surface area (TPSA) is 83.4 Å². The summed E-state index contributed by atoms with van der Waals surface area (Å²) in [5.74, 6) is -2.08. The zero-order valence-electron chi connectivity index (χ0n) is 19.2. The molecule has 0 radical (unpaired) electrons. The Morgan fingerprint density at radius 2 is 1.57 bits per heavy atom. The van der Waals surface area contributed by atoms with Gasteiger partial charge in [0.2, 0.25) is 0 Å². The number of halogens is 3. The maximum absolute atomic E-state index is 13.1. The Balaban J connectivity index is 1.89. The van der Waals surface area contributed by atoms with Gasteiger partial charge in [0.15, 0.2) is 5.82 Å². The molecule has 0 spiro atoms. The number of benzene rings is 2. The van der Waals surface area contributed by atoms with Gasteiger partial charge in [-0.2, -0.15) is 18.3 Å². The molecule has 0 unspecified atom stereocenters. The minimum atomic E-state index is -4.55. The maximum atomic E-state index is 13.1. The first-order valence-corrected chi connectivity index (χ1v) is 10.9. The smallest absolute Gasteiger partial charge is 0.416 e. The second-order valence-electron chi connectivity index (χ2n) is 8.60. The van der Waals surface area contributed by atoms with Gasteiger partial charge in [-0.05, 0) is 48.2 Å². The summed E-state index contributed by atoms with van der Waals surface area (Å²) in [6, 6.07) is 12.9. The van der Waals surface area contributed by atoms with Crippen molar-refractivity contribution in [2.75, 3.05) is 4.90 Å². The molecule has 0 aliphatic carbocycles. The van der Waals surface area contributed by atoms with Crippen LogP contribution in [0.3, 0.4) is 0 Å². The molecule has 4 rings (SSSR count). The third-order valence-electron chi connectivity index (χ3n) is 5.88. The van der Waals surface area contributed by atoms with Gasteiger partial charge in [0.05, 0.1) is 22.9 Å². The molecule has 6 nitrogen and oxygen atoms in total. The van der Waals surface area contributed by atoms with Crippen LogP contribution in [-0.2, 0) is 15.8 Å². The van der Waals surface area contributed by atoms with Crippen molar-refractivity contribution in [1.82, 2.24) is 10.2 Å². The largest absolute Gasteiger partial charge is 0.507 e. The summed E-state index contributed by atoms with van der Waals surface area (Å²) < 4.78 is 39.4. The SMILES string of the molecule is Cc1ccc(N2C(=O)C(=O)C(=C(O)c3ccc(C(C)C)cc3)[C@@H]2c2ccc(C(F)(F)F)cc2)nn1. The lowest BCUT2D eigenvalue weighted by molar-refractivity contribution is -0.137. The average Bonchev–Trinajstić information content (AvgIpc) is 3.09. The van der Waals surface area contributed by atoms with Crippen LogP contribution in [0.25, 0.3) is 5.76 Å². The van der Waals surface area contributed by atoms with Crippen LogP contribution in [0.4, 0.5) is 19.0 Å². The minimum Gasteiger partial charge on any atom is -0.507 e. The Labute approximate surface area is 199 Å². The molecular formula is C26H22F3N3O3. The second-order valence-corrected chi connectivity index (χ2v) is 8.60. The van der Waals surface area contributed by atoms with E-state index < -0.39 is 35.2 Å². The number of hydrogen-bond donors (Lipinski definition) is 1. The van der Waals surface area contributed by atoms with Gasteiger partial charge in [-0.3, -0.25) is 14.5 Å². The Morgan fingerprint density at radius 3 is 2.09 bits per heavy atom. The molecule has 1 atom stereocenters. The maximum Gasteiger partial charge on any atom is 0.416 e. The monoisotopic (exact) mass is 481 g/mol. The highest BCUT2D eigenvalue weighted by Gasteiger charge is 2.48. The summed E-state index contributed by atoms with van der Waals surface area (Å²) in [6.45, 7) is 5.71. The van der Waals surface area contributed by atoms with Crippen LogP contribution >= 0.6 is 0 Å². The van der Waals surface area contributed by atoms with Crippen LogP contribution in [-0.4, -0.2) is 27.0 Å². The van der Waals surface area contributed by atoms with Crippen LogP contribution in [0.2, 0.25) is 0 Å². The molecule has 1 saturated heterocycles. The lowest BCUT2D eigenvalue weighted by Gasteiger charge is -2.24. The second kappa shape index (κ2) is 8.98. The molecule has 35 heavy (non-hydrogen) atoms. The molecule has 1 aliphatic rings. The van der Waals surface area contributed by atoms with Gasteiger partial charge in [0, 0.05) is 5.56 Å². The van der Waals surface area contributed by atoms with Crippen LogP contribution < -0.4 is 4.90 Å². The average molecular weight is 481 g/mol. The summed E-state index contributed by atoms with van der Waals surface area (Å²) in [5, 5.41) is 19.0. The third-order valence-corrected chi connectivity index (χ3v) is 5.88. The van der Waals surface area contributed by atoms with Gasteiger partial charge in [-0.15, -0.1) is 5.10 Å². The molecule has 1 aliphatic heterocycles. The Hall–Kier alpha value is -4.01. The number of aromatic nitrogens is 2. The highest BCUT2D eigenvalue weighted by molar-refractivity contribution is 6.51. The number of alkyl halides is 3. The Kier molecular flexibility index (Phi) is 6.19. The van der Waals surface area contributed by atoms with Crippen LogP contribution in [0.15, 0.2) is 66.2 Å². The van der Waals surface area contributed by atoms with Gasteiger partial charge in [0.25, 0.3) is 5.78 Å². The number of aryl methyl sites for hydroxylation is 1. The van der Waals surface area contributed by atoms with E-state index in [0.29, 0.717) is 11.3 Å². The number of carbonyl (C=O) groups excluding carboxylic acids is 2. The van der Waals surface area contributed by atoms with E-state index in [0.717, 1.165) is 22.6 Å². The van der Waals surface area contributed by atoms with Crippen molar-refractivity contribution in [3.63, 3.8) is 0 Å². The number of carbonyl (C=O) groups is 2. The van der Waals surface area contributed by atoms with E-state index in [1.807, 2.05) is 13.8 Å². The van der Waals surface area contributed by atoms with Crippen LogP contribution in [0.1, 0.15) is 53.8 Å². The molecular weight excluding hydrogens is 459 g/mol. The first-order chi connectivity index (χ1) is 16.5. The van der Waals surface area contributed by atoms with Gasteiger partial charge >= 0.3 is 12.1 Å². The molecule has 0 bridgehead atoms. The number of nitrogens with zero attached hydrogens (tertiary/aromatic N) is 3. The van der Waals surface area contributed by atoms with Gasteiger partial charge < -0.3 is 5.11 Å². The molecule has 1 aromatic heterocycles. The Morgan fingerprint density at radius 1 is 0.943 bits per heavy atom. The molecule has 2 heterocycles. The van der Waals surface area contributed by atoms with Crippen molar-refractivity contribution in [3.05, 3.63) is 94.2 Å². The van der Waals surface area contributed by atoms with E-state index in [1.54, 1.807) is 37.3 Å². The number of Topliss-reactive ketones (excluding diaryl/α,β-unsaturated/α-hetero) is 1. The zero-order valence-corrected chi connectivity index (χ0v) is 19.2. The standard InChI is InChI=1S/C26H22F3N3O3/c1-14(2)16-5-7-18(8-6-16)23(33)21-22(17-9-11-19(12-10-17)26(27,28)29)32(25(35)24(21)34)20-13-4-15(3)30-31-20/h4-14,22,33H,1-3H3/t22-/m0/s1. The first kappa shape index (κ1) is 24.1. The number of ketones is 1. The number of aliphatic hydroxyl groups is 1. The molecule has 0 saturated carbocycles. The van der Waals surface area contributed by atoms with Crippen molar-refractivity contribution >= 4 is 23.3 Å². The summed E-state index contributed by atoms with van der Waals surface area (Å²) in [4.78, 5) is 27.2. The van der Waals surface area contributed by atoms with Crippen LogP contribution in [0.5, 0.6) is 0 Å². The lowest BCUT2D eigenvalue weighted by atomic mass is 9.93. The number of amides is 1. The summed E-state index contributed by atoms with van der Waals surface area (Å²) in [7, 11) is 0. The fourth-order valence-electron chi connectivity index (χ4n) is 3.94. The molecule has 1 amide bonds. The lowest BCUT2D eigenvalue weighted by Crippen LogP contribution is -2.30. The molecule has 2 aromatic carbocycles. The fourth-order valence-corrected chi connectivity index (χ4v) is 3.94. The summed E-state index contributed by atoms with van der Waals surface area (Å²) in [5.41, 5.74) is 0.976. The predicted molar refractivity (Wildman–Crippen MR) is 124 cm³/mol. The number of anilines is 1. The van der Waals surface area contributed by atoms with E-state index >= 15 is 0 Å².